The van der Waals surface area contributed by atoms with Crippen LogP contribution in [0, 0.1) is 20.2 Å². The van der Waals surface area contributed by atoms with E-state index in [1.54, 1.807) is 24.3 Å². The molecule has 0 aliphatic carbocycles. The first-order chi connectivity index (χ1) is 14.0. The van der Waals surface area contributed by atoms with E-state index in [0.29, 0.717) is 22.8 Å². The van der Waals surface area contributed by atoms with E-state index >= 15 is 0 Å². The maximum Gasteiger partial charge on any atom is 0.269 e. The fraction of sp³-hybridized carbons (Fsp3) is 0. The molecule has 29 heavy (non-hydrogen) atoms. The second-order valence-electron chi connectivity index (χ2n) is 6.13. The molecule has 0 fully saturated rings. The minimum Gasteiger partial charge on any atom is -0.275 e. The van der Waals surface area contributed by atoms with Gasteiger partial charge in [-0.3, -0.25) is 24.8 Å². The Morgan fingerprint density at radius 2 is 1.03 bits per heavy atom. The van der Waals surface area contributed by atoms with E-state index in [4.69, 9.17) is 0 Å². The van der Waals surface area contributed by atoms with Gasteiger partial charge in [-0.2, -0.15) is 0 Å². The number of hydrogen-bond acceptors (Lipinski definition) is 6. The molecule has 0 bridgehead atoms. The number of benzene rings is 3. The summed E-state index contributed by atoms with van der Waals surface area (Å²) in [6.07, 6.45) is 0. The van der Waals surface area contributed by atoms with E-state index in [9.17, 15) is 20.2 Å². The van der Waals surface area contributed by atoms with Crippen LogP contribution in [0.25, 0.3) is 28.5 Å². The monoisotopic (exact) mass is 387 g/mol. The van der Waals surface area contributed by atoms with Gasteiger partial charge in [0.1, 0.15) is 0 Å². The molecular weight excluding hydrogens is 374 g/mol. The van der Waals surface area contributed by atoms with E-state index in [1.807, 2.05) is 34.9 Å². The van der Waals surface area contributed by atoms with Crippen LogP contribution in [0.2, 0.25) is 0 Å². The van der Waals surface area contributed by atoms with Crippen molar-refractivity contribution in [1.82, 2.24) is 14.8 Å². The number of non-ortho nitro benzene ring substituents is 2. The lowest BCUT2D eigenvalue weighted by atomic mass is 10.1. The summed E-state index contributed by atoms with van der Waals surface area (Å²) >= 11 is 0. The van der Waals surface area contributed by atoms with E-state index in [2.05, 4.69) is 10.2 Å². The van der Waals surface area contributed by atoms with Crippen molar-refractivity contribution in [3.8, 4) is 28.5 Å². The molecule has 1 heterocycles. The first-order valence-corrected chi connectivity index (χ1v) is 8.55. The summed E-state index contributed by atoms with van der Waals surface area (Å²) in [6.45, 7) is 0. The summed E-state index contributed by atoms with van der Waals surface area (Å²) in [5.41, 5.74) is 2.06. The van der Waals surface area contributed by atoms with Crippen molar-refractivity contribution >= 4 is 11.4 Å². The predicted molar refractivity (Wildman–Crippen MR) is 106 cm³/mol. The van der Waals surface area contributed by atoms with Crippen molar-refractivity contribution in [3.05, 3.63) is 99.1 Å². The van der Waals surface area contributed by atoms with Crippen molar-refractivity contribution in [3.63, 3.8) is 0 Å². The Balaban J connectivity index is 1.87. The Labute approximate surface area is 164 Å². The molecule has 0 saturated heterocycles. The average molecular weight is 387 g/mol. The zero-order valence-electron chi connectivity index (χ0n) is 14.9. The normalized spacial score (nSPS) is 10.6. The molecule has 142 valence electrons. The minimum atomic E-state index is -0.464. The van der Waals surface area contributed by atoms with Crippen LogP contribution in [0.15, 0.2) is 78.9 Å². The SMILES string of the molecule is O=[N+]([O-])c1ccc(-c2nnc(-c3ccc([N+](=O)[O-])cc3)n2-c2ccccc2)cc1. The highest BCUT2D eigenvalue weighted by Crippen LogP contribution is 2.30. The second-order valence-corrected chi connectivity index (χ2v) is 6.13. The van der Waals surface area contributed by atoms with Crippen molar-refractivity contribution in [2.24, 2.45) is 0 Å². The highest BCUT2D eigenvalue weighted by Gasteiger charge is 2.18. The summed E-state index contributed by atoms with van der Waals surface area (Å²) in [4.78, 5) is 20.9. The van der Waals surface area contributed by atoms with E-state index in [0.717, 1.165) is 5.69 Å². The molecule has 0 amide bonds. The lowest BCUT2D eigenvalue weighted by molar-refractivity contribution is -0.385. The number of hydrogen-bond donors (Lipinski definition) is 0. The van der Waals surface area contributed by atoms with Crippen molar-refractivity contribution in [2.75, 3.05) is 0 Å². The van der Waals surface area contributed by atoms with Gasteiger partial charge >= 0.3 is 0 Å². The lowest BCUT2D eigenvalue weighted by Crippen LogP contribution is -2.00. The van der Waals surface area contributed by atoms with Crippen LogP contribution in [0.4, 0.5) is 11.4 Å². The molecule has 9 heteroatoms. The Morgan fingerprint density at radius 1 is 0.621 bits per heavy atom. The Morgan fingerprint density at radius 3 is 1.41 bits per heavy atom. The summed E-state index contributed by atoms with van der Waals surface area (Å²) in [5, 5.41) is 30.4. The molecule has 0 spiro atoms. The third-order valence-corrected chi connectivity index (χ3v) is 4.35. The van der Waals surface area contributed by atoms with Gasteiger partial charge in [0.25, 0.3) is 11.4 Å². The van der Waals surface area contributed by atoms with Crippen LogP contribution < -0.4 is 0 Å². The van der Waals surface area contributed by atoms with Gasteiger partial charge < -0.3 is 0 Å². The highest BCUT2D eigenvalue weighted by atomic mass is 16.6. The minimum absolute atomic E-state index is 0.0184. The van der Waals surface area contributed by atoms with Gasteiger partial charge in [0, 0.05) is 41.1 Å². The molecule has 0 unspecified atom stereocenters. The maximum absolute atomic E-state index is 10.9. The molecule has 9 nitrogen and oxygen atoms in total. The summed E-state index contributed by atoms with van der Waals surface area (Å²) in [6, 6.07) is 21.5. The molecule has 1 aromatic heterocycles. The molecule has 4 aromatic rings. The van der Waals surface area contributed by atoms with Crippen LogP contribution in [-0.2, 0) is 0 Å². The Bertz CT molecular complexity index is 1110. The van der Waals surface area contributed by atoms with Crippen LogP contribution in [0.1, 0.15) is 0 Å². The fourth-order valence-corrected chi connectivity index (χ4v) is 2.94. The number of nitro benzene ring substituents is 2. The Hall–Kier alpha value is -4.40. The zero-order chi connectivity index (χ0) is 20.4. The molecule has 0 N–H and O–H groups in total. The number of para-hydroxylation sites is 1. The van der Waals surface area contributed by atoms with Gasteiger partial charge in [-0.15, -0.1) is 10.2 Å². The standard InChI is InChI=1S/C20H13N5O4/c26-24(27)17-10-6-14(7-11-17)19-21-22-20(23(19)16-4-2-1-3-5-16)15-8-12-18(13-9-15)25(28)29/h1-13H. The highest BCUT2D eigenvalue weighted by molar-refractivity contribution is 5.68. The van der Waals surface area contributed by atoms with Crippen LogP contribution >= 0.6 is 0 Å². The summed E-state index contributed by atoms with van der Waals surface area (Å²) < 4.78 is 1.81. The summed E-state index contributed by atoms with van der Waals surface area (Å²) in [5.74, 6) is 0.999. The van der Waals surface area contributed by atoms with Crippen molar-refractivity contribution in [2.45, 2.75) is 0 Å². The zero-order valence-corrected chi connectivity index (χ0v) is 14.9. The van der Waals surface area contributed by atoms with Gasteiger partial charge in [0.05, 0.1) is 9.85 Å². The second kappa shape index (κ2) is 7.31. The molecule has 0 aliphatic heterocycles. The summed E-state index contributed by atoms with van der Waals surface area (Å²) in [7, 11) is 0. The molecule has 0 aliphatic rings. The smallest absolute Gasteiger partial charge is 0.269 e. The largest absolute Gasteiger partial charge is 0.275 e. The molecule has 0 radical (unpaired) electrons. The third-order valence-electron chi connectivity index (χ3n) is 4.35. The van der Waals surface area contributed by atoms with E-state index < -0.39 is 9.85 Å². The molecule has 4 rings (SSSR count). The van der Waals surface area contributed by atoms with Gasteiger partial charge in [0.2, 0.25) is 0 Å². The quantitative estimate of drug-likeness (QED) is 0.370. The topological polar surface area (TPSA) is 117 Å². The van der Waals surface area contributed by atoms with E-state index in [-0.39, 0.29) is 11.4 Å². The number of nitrogens with zero attached hydrogens (tertiary/aromatic N) is 5. The van der Waals surface area contributed by atoms with Crippen LogP contribution in [0.3, 0.4) is 0 Å². The molecule has 3 aromatic carbocycles. The lowest BCUT2D eigenvalue weighted by Gasteiger charge is -2.10. The number of rotatable bonds is 5. The van der Waals surface area contributed by atoms with Crippen molar-refractivity contribution < 1.29 is 9.85 Å². The van der Waals surface area contributed by atoms with Crippen LogP contribution in [0.5, 0.6) is 0 Å². The van der Waals surface area contributed by atoms with Crippen LogP contribution in [-0.4, -0.2) is 24.6 Å². The van der Waals surface area contributed by atoms with Crippen molar-refractivity contribution in [1.29, 1.82) is 0 Å². The first kappa shape index (κ1) is 18.0. The van der Waals surface area contributed by atoms with Gasteiger partial charge in [-0.1, -0.05) is 18.2 Å². The maximum atomic E-state index is 10.9. The van der Waals surface area contributed by atoms with E-state index in [1.165, 1.54) is 24.3 Å². The predicted octanol–water partition coefficient (Wildman–Crippen LogP) is 4.42. The average Bonchev–Trinajstić information content (AvgIpc) is 3.19. The molecule has 0 atom stereocenters. The third kappa shape index (κ3) is 3.44. The first-order valence-electron chi connectivity index (χ1n) is 8.55. The van der Waals surface area contributed by atoms with Gasteiger partial charge in [-0.25, -0.2) is 0 Å². The van der Waals surface area contributed by atoms with Gasteiger partial charge in [0.15, 0.2) is 11.6 Å². The van der Waals surface area contributed by atoms with Gasteiger partial charge in [-0.05, 0) is 36.4 Å². The Kier molecular flexibility index (Phi) is 4.54. The molecular formula is C20H13N5O4. The molecule has 0 saturated carbocycles. The number of nitro groups is 2. The number of aromatic nitrogens is 3. The fourth-order valence-electron chi connectivity index (χ4n) is 2.94.